The zero-order valence-corrected chi connectivity index (χ0v) is 10.9. The van der Waals surface area contributed by atoms with Crippen LogP contribution >= 0.6 is 23.4 Å². The van der Waals surface area contributed by atoms with Crippen molar-refractivity contribution < 1.29 is 0 Å². The molecule has 0 saturated carbocycles. The molecule has 0 aliphatic rings. The lowest BCUT2D eigenvalue weighted by Gasteiger charge is -2.10. The van der Waals surface area contributed by atoms with Gasteiger partial charge >= 0.3 is 0 Å². The Hall–Kier alpha value is -0.180. The molecule has 0 saturated heterocycles. The highest BCUT2D eigenvalue weighted by Gasteiger charge is 2.04. The Labute approximate surface area is 101 Å². The Balaban J connectivity index is 2.62. The molecule has 15 heavy (non-hydrogen) atoms. The molecule has 0 bridgehead atoms. The van der Waals surface area contributed by atoms with Crippen molar-refractivity contribution in [1.29, 1.82) is 0 Å². The van der Waals surface area contributed by atoms with Gasteiger partial charge in [-0.3, -0.25) is 0 Å². The van der Waals surface area contributed by atoms with E-state index in [0.717, 1.165) is 16.3 Å². The van der Waals surface area contributed by atoms with Gasteiger partial charge in [-0.2, -0.15) is 11.8 Å². The minimum atomic E-state index is 0.554. The van der Waals surface area contributed by atoms with Crippen LogP contribution in [-0.2, 0) is 12.3 Å². The van der Waals surface area contributed by atoms with Crippen molar-refractivity contribution in [3.63, 3.8) is 0 Å². The lowest BCUT2D eigenvalue weighted by molar-refractivity contribution is 0.905. The van der Waals surface area contributed by atoms with Crippen LogP contribution in [0.3, 0.4) is 0 Å². The fourth-order valence-corrected chi connectivity index (χ4v) is 2.49. The highest BCUT2D eigenvalue weighted by Crippen LogP contribution is 2.25. The second kappa shape index (κ2) is 6.41. The van der Waals surface area contributed by atoms with Crippen LogP contribution in [0.2, 0.25) is 5.02 Å². The van der Waals surface area contributed by atoms with E-state index in [-0.39, 0.29) is 0 Å². The standard InChI is InChI=1S/C12H18ClNS/c1-3-9(2)15-8-11-5-4-10(7-14)6-12(11)13/h4-6,9H,3,7-8,14H2,1-2H3. The molecule has 0 spiro atoms. The summed E-state index contributed by atoms with van der Waals surface area (Å²) in [6.07, 6.45) is 1.20. The maximum atomic E-state index is 6.17. The molecule has 0 radical (unpaired) electrons. The molecule has 0 aliphatic heterocycles. The number of halogens is 1. The fraction of sp³-hybridized carbons (Fsp3) is 0.500. The number of hydrogen-bond acceptors (Lipinski definition) is 2. The second-order valence-corrected chi connectivity index (χ2v) is 5.49. The fourth-order valence-electron chi connectivity index (χ4n) is 1.18. The lowest BCUT2D eigenvalue weighted by Crippen LogP contribution is -1.98. The molecule has 0 fully saturated rings. The molecule has 0 heterocycles. The van der Waals surface area contributed by atoms with Crippen LogP contribution in [0, 0.1) is 0 Å². The van der Waals surface area contributed by atoms with Gasteiger partial charge in [-0.15, -0.1) is 0 Å². The van der Waals surface area contributed by atoms with Crippen LogP contribution < -0.4 is 5.73 Å². The molecule has 0 amide bonds. The summed E-state index contributed by atoms with van der Waals surface area (Å²) in [5, 5.41) is 1.53. The van der Waals surface area contributed by atoms with Gasteiger partial charge in [0, 0.05) is 22.6 Å². The van der Waals surface area contributed by atoms with E-state index < -0.39 is 0 Å². The molecule has 0 aromatic heterocycles. The lowest BCUT2D eigenvalue weighted by atomic mass is 10.1. The van der Waals surface area contributed by atoms with Gasteiger partial charge in [-0.25, -0.2) is 0 Å². The minimum absolute atomic E-state index is 0.554. The third-order valence-corrected chi connectivity index (χ3v) is 4.18. The first-order chi connectivity index (χ1) is 7.17. The Morgan fingerprint density at radius 1 is 1.47 bits per heavy atom. The normalized spacial score (nSPS) is 12.8. The van der Waals surface area contributed by atoms with Gasteiger partial charge in [0.25, 0.3) is 0 Å². The first-order valence-electron chi connectivity index (χ1n) is 5.26. The van der Waals surface area contributed by atoms with E-state index in [1.165, 1.54) is 12.0 Å². The summed E-state index contributed by atoms with van der Waals surface area (Å²) >= 11 is 8.11. The third-order valence-electron chi connectivity index (χ3n) is 2.45. The summed E-state index contributed by atoms with van der Waals surface area (Å²) in [5.41, 5.74) is 7.85. The van der Waals surface area contributed by atoms with Crippen molar-refractivity contribution in [3.05, 3.63) is 34.3 Å². The molecule has 84 valence electrons. The first kappa shape index (κ1) is 12.9. The van der Waals surface area contributed by atoms with Gasteiger partial charge in [0.15, 0.2) is 0 Å². The summed E-state index contributed by atoms with van der Waals surface area (Å²) in [4.78, 5) is 0. The summed E-state index contributed by atoms with van der Waals surface area (Å²) in [7, 11) is 0. The van der Waals surface area contributed by atoms with Crippen molar-refractivity contribution in [2.75, 3.05) is 0 Å². The maximum Gasteiger partial charge on any atom is 0.0449 e. The SMILES string of the molecule is CCC(C)SCc1ccc(CN)cc1Cl. The van der Waals surface area contributed by atoms with E-state index in [4.69, 9.17) is 17.3 Å². The van der Waals surface area contributed by atoms with Crippen LogP contribution in [0.4, 0.5) is 0 Å². The van der Waals surface area contributed by atoms with Gasteiger partial charge in [0.1, 0.15) is 0 Å². The number of hydrogen-bond donors (Lipinski definition) is 1. The quantitative estimate of drug-likeness (QED) is 0.851. The minimum Gasteiger partial charge on any atom is -0.326 e. The van der Waals surface area contributed by atoms with E-state index >= 15 is 0 Å². The van der Waals surface area contributed by atoms with Gasteiger partial charge in [0.2, 0.25) is 0 Å². The van der Waals surface area contributed by atoms with Crippen LogP contribution in [0.5, 0.6) is 0 Å². The third kappa shape index (κ3) is 4.06. The molecule has 1 aromatic carbocycles. The van der Waals surface area contributed by atoms with E-state index in [1.807, 2.05) is 17.8 Å². The Kier molecular flexibility index (Phi) is 5.51. The molecule has 1 unspecified atom stereocenters. The Morgan fingerprint density at radius 2 is 2.20 bits per heavy atom. The Bertz CT molecular complexity index is 314. The first-order valence-corrected chi connectivity index (χ1v) is 6.69. The molecule has 3 heteroatoms. The average Bonchev–Trinajstić information content (AvgIpc) is 2.26. The highest BCUT2D eigenvalue weighted by atomic mass is 35.5. The predicted molar refractivity (Wildman–Crippen MR) is 70.4 cm³/mol. The van der Waals surface area contributed by atoms with Crippen molar-refractivity contribution in [2.45, 2.75) is 37.8 Å². The molecule has 1 rings (SSSR count). The molecule has 1 aromatic rings. The number of nitrogens with two attached hydrogens (primary N) is 1. The van der Waals surface area contributed by atoms with Crippen LogP contribution in [0.15, 0.2) is 18.2 Å². The van der Waals surface area contributed by atoms with Crippen molar-refractivity contribution in [3.8, 4) is 0 Å². The molecule has 1 atom stereocenters. The predicted octanol–water partition coefficient (Wildman–Crippen LogP) is 3.83. The summed E-state index contributed by atoms with van der Waals surface area (Å²) in [6, 6.07) is 6.10. The van der Waals surface area contributed by atoms with Crippen molar-refractivity contribution >= 4 is 23.4 Å². The van der Waals surface area contributed by atoms with E-state index in [1.54, 1.807) is 0 Å². The molecular weight excluding hydrogens is 226 g/mol. The average molecular weight is 244 g/mol. The maximum absolute atomic E-state index is 6.17. The molecular formula is C12H18ClNS. The molecule has 2 N–H and O–H groups in total. The number of rotatable bonds is 5. The van der Waals surface area contributed by atoms with Crippen LogP contribution in [0.25, 0.3) is 0 Å². The van der Waals surface area contributed by atoms with E-state index in [9.17, 15) is 0 Å². The largest absolute Gasteiger partial charge is 0.326 e. The monoisotopic (exact) mass is 243 g/mol. The molecule has 0 aliphatic carbocycles. The zero-order chi connectivity index (χ0) is 11.3. The van der Waals surface area contributed by atoms with Crippen molar-refractivity contribution in [1.82, 2.24) is 0 Å². The summed E-state index contributed by atoms with van der Waals surface area (Å²) in [5.74, 6) is 0.985. The topological polar surface area (TPSA) is 26.0 Å². The Morgan fingerprint density at radius 3 is 2.73 bits per heavy atom. The van der Waals surface area contributed by atoms with Crippen LogP contribution in [0.1, 0.15) is 31.4 Å². The highest BCUT2D eigenvalue weighted by molar-refractivity contribution is 7.99. The van der Waals surface area contributed by atoms with Crippen molar-refractivity contribution in [2.24, 2.45) is 5.73 Å². The zero-order valence-electron chi connectivity index (χ0n) is 9.29. The summed E-state index contributed by atoms with van der Waals surface area (Å²) in [6.45, 7) is 5.00. The van der Waals surface area contributed by atoms with E-state index in [2.05, 4.69) is 26.0 Å². The summed E-state index contributed by atoms with van der Waals surface area (Å²) < 4.78 is 0. The van der Waals surface area contributed by atoms with Gasteiger partial charge in [-0.05, 0) is 23.6 Å². The van der Waals surface area contributed by atoms with E-state index in [0.29, 0.717) is 11.8 Å². The smallest absolute Gasteiger partial charge is 0.0449 e. The van der Waals surface area contributed by atoms with Gasteiger partial charge < -0.3 is 5.73 Å². The van der Waals surface area contributed by atoms with Crippen LogP contribution in [-0.4, -0.2) is 5.25 Å². The van der Waals surface area contributed by atoms with Gasteiger partial charge in [-0.1, -0.05) is 37.6 Å². The molecule has 1 nitrogen and oxygen atoms in total. The van der Waals surface area contributed by atoms with Gasteiger partial charge in [0.05, 0.1) is 0 Å². The second-order valence-electron chi connectivity index (χ2n) is 3.66. The number of thioether (sulfide) groups is 1. The number of benzene rings is 1.